The molecule has 1 fully saturated rings. The number of nitrogens with one attached hydrogen (secondary N) is 1. The average molecular weight is 355 g/mol. The fourth-order valence-electron chi connectivity index (χ4n) is 3.47. The first-order valence-corrected chi connectivity index (χ1v) is 9.17. The summed E-state index contributed by atoms with van der Waals surface area (Å²) in [5, 5.41) is 4.58. The maximum atomic E-state index is 12.6. The first-order valence-electron chi connectivity index (χ1n) is 9.17. The van der Waals surface area contributed by atoms with E-state index < -0.39 is 12.1 Å². The number of esters is 1. The van der Waals surface area contributed by atoms with Gasteiger partial charge in [0.2, 0.25) is 0 Å². The zero-order valence-corrected chi connectivity index (χ0v) is 15.3. The van der Waals surface area contributed by atoms with E-state index in [1.54, 1.807) is 26.2 Å². The molecule has 0 aromatic heterocycles. The molecule has 2 aromatic carbocycles. The molecule has 0 heterocycles. The van der Waals surface area contributed by atoms with Crippen LogP contribution in [0.25, 0.3) is 10.8 Å². The Labute approximate surface area is 153 Å². The van der Waals surface area contributed by atoms with Crippen LogP contribution in [0.4, 0.5) is 0 Å². The zero-order valence-electron chi connectivity index (χ0n) is 15.3. The summed E-state index contributed by atoms with van der Waals surface area (Å²) in [6.07, 6.45) is 4.66. The lowest BCUT2D eigenvalue weighted by atomic mass is 9.95. The van der Waals surface area contributed by atoms with Gasteiger partial charge in [-0.25, -0.2) is 4.79 Å². The van der Waals surface area contributed by atoms with Gasteiger partial charge in [-0.1, -0.05) is 43.5 Å². The Morgan fingerprint density at radius 3 is 2.42 bits per heavy atom. The Kier molecular flexibility index (Phi) is 5.76. The van der Waals surface area contributed by atoms with E-state index in [1.165, 1.54) is 6.42 Å². The number of methoxy groups -OCH3 is 1. The molecule has 0 saturated heterocycles. The average Bonchev–Trinajstić information content (AvgIpc) is 2.67. The summed E-state index contributed by atoms with van der Waals surface area (Å²) in [7, 11) is 1.59. The minimum atomic E-state index is -0.828. The van der Waals surface area contributed by atoms with Gasteiger partial charge in [0.25, 0.3) is 5.91 Å². The van der Waals surface area contributed by atoms with Gasteiger partial charge in [-0.05, 0) is 37.3 Å². The van der Waals surface area contributed by atoms with Crippen molar-refractivity contribution in [3.63, 3.8) is 0 Å². The molecule has 0 bridgehead atoms. The van der Waals surface area contributed by atoms with Crippen molar-refractivity contribution in [3.05, 3.63) is 42.0 Å². The lowest BCUT2D eigenvalue weighted by Gasteiger charge is -2.24. The van der Waals surface area contributed by atoms with Gasteiger partial charge in [-0.3, -0.25) is 4.79 Å². The third-order valence-corrected chi connectivity index (χ3v) is 4.93. The predicted molar refractivity (Wildman–Crippen MR) is 100 cm³/mol. The van der Waals surface area contributed by atoms with E-state index in [-0.39, 0.29) is 11.9 Å². The van der Waals surface area contributed by atoms with Crippen molar-refractivity contribution < 1.29 is 19.1 Å². The Hall–Kier alpha value is -2.56. The lowest BCUT2D eigenvalue weighted by Crippen LogP contribution is -2.42. The molecule has 138 valence electrons. The third kappa shape index (κ3) is 3.98. The Morgan fingerprint density at radius 1 is 1.04 bits per heavy atom. The largest absolute Gasteiger partial charge is 0.496 e. The van der Waals surface area contributed by atoms with Crippen LogP contribution in [-0.2, 0) is 9.53 Å². The smallest absolute Gasteiger partial charge is 0.339 e. The van der Waals surface area contributed by atoms with Gasteiger partial charge in [-0.15, -0.1) is 0 Å². The van der Waals surface area contributed by atoms with Crippen molar-refractivity contribution in [1.29, 1.82) is 0 Å². The molecule has 1 aliphatic rings. The normalized spacial score (nSPS) is 16.1. The van der Waals surface area contributed by atoms with Crippen LogP contribution in [0, 0.1) is 0 Å². The number of carbonyl (C=O) groups excluding carboxylic acids is 2. The van der Waals surface area contributed by atoms with Crippen LogP contribution in [0.15, 0.2) is 36.4 Å². The predicted octanol–water partition coefficient (Wildman–Crippen LogP) is 3.84. The number of amides is 1. The highest BCUT2D eigenvalue weighted by Gasteiger charge is 2.23. The maximum Gasteiger partial charge on any atom is 0.339 e. The molecular formula is C21H25NO4. The molecule has 1 amide bonds. The topological polar surface area (TPSA) is 64.6 Å². The monoisotopic (exact) mass is 355 g/mol. The Balaban J connectivity index is 1.71. The van der Waals surface area contributed by atoms with Crippen LogP contribution in [0.2, 0.25) is 0 Å². The quantitative estimate of drug-likeness (QED) is 0.828. The van der Waals surface area contributed by atoms with Crippen molar-refractivity contribution in [1.82, 2.24) is 5.32 Å². The number of ether oxygens (including phenoxy) is 2. The Bertz CT molecular complexity index is 796. The van der Waals surface area contributed by atoms with E-state index in [1.807, 2.05) is 24.3 Å². The highest BCUT2D eigenvalue weighted by molar-refractivity contribution is 6.06. The molecule has 1 N–H and O–H groups in total. The number of benzene rings is 2. The molecule has 0 unspecified atom stereocenters. The molecule has 0 radical (unpaired) electrons. The second kappa shape index (κ2) is 8.21. The molecule has 1 atom stereocenters. The van der Waals surface area contributed by atoms with Gasteiger partial charge in [0.15, 0.2) is 6.10 Å². The molecule has 1 saturated carbocycles. The first-order chi connectivity index (χ1) is 12.6. The number of hydrogen-bond donors (Lipinski definition) is 1. The molecule has 5 heteroatoms. The van der Waals surface area contributed by atoms with E-state index in [2.05, 4.69) is 5.32 Å². The number of carbonyl (C=O) groups is 2. The fraction of sp³-hybridized carbons (Fsp3) is 0.429. The summed E-state index contributed by atoms with van der Waals surface area (Å²) in [5.74, 6) is -0.0431. The van der Waals surface area contributed by atoms with Crippen molar-refractivity contribution >= 4 is 22.6 Å². The van der Waals surface area contributed by atoms with Crippen LogP contribution in [0.1, 0.15) is 49.4 Å². The van der Waals surface area contributed by atoms with Crippen LogP contribution >= 0.6 is 0 Å². The Morgan fingerprint density at radius 2 is 1.73 bits per heavy atom. The molecule has 0 aliphatic heterocycles. The van der Waals surface area contributed by atoms with Crippen LogP contribution in [0.5, 0.6) is 5.75 Å². The minimum absolute atomic E-state index is 0.194. The summed E-state index contributed by atoms with van der Waals surface area (Å²) in [4.78, 5) is 25.0. The van der Waals surface area contributed by atoms with E-state index in [0.29, 0.717) is 11.3 Å². The maximum absolute atomic E-state index is 12.6. The van der Waals surface area contributed by atoms with Crippen molar-refractivity contribution in [3.8, 4) is 5.75 Å². The fourth-order valence-corrected chi connectivity index (χ4v) is 3.47. The molecule has 26 heavy (non-hydrogen) atoms. The molecule has 2 aromatic rings. The minimum Gasteiger partial charge on any atom is -0.496 e. The summed E-state index contributed by atoms with van der Waals surface area (Å²) < 4.78 is 10.8. The van der Waals surface area contributed by atoms with Crippen LogP contribution in [-0.4, -0.2) is 31.1 Å². The number of fused-ring (bicyclic) bond motifs is 1. The van der Waals surface area contributed by atoms with Crippen molar-refractivity contribution in [2.45, 2.75) is 51.2 Å². The second-order valence-corrected chi connectivity index (χ2v) is 6.75. The van der Waals surface area contributed by atoms with Crippen LogP contribution < -0.4 is 10.1 Å². The standard InChI is InChI=1S/C21H25NO4/c1-14(20(23)22-15-8-4-3-5-9-15)26-21(24)18-12-13-19(25-2)17-11-7-6-10-16(17)18/h6-7,10-15H,3-5,8-9H2,1-2H3,(H,22,23)/t14-/m0/s1. The van der Waals surface area contributed by atoms with Crippen molar-refractivity contribution in [2.24, 2.45) is 0 Å². The lowest BCUT2D eigenvalue weighted by molar-refractivity contribution is -0.130. The highest BCUT2D eigenvalue weighted by atomic mass is 16.5. The van der Waals surface area contributed by atoms with Gasteiger partial charge in [0.1, 0.15) is 5.75 Å². The van der Waals surface area contributed by atoms with E-state index in [0.717, 1.165) is 36.5 Å². The van der Waals surface area contributed by atoms with Gasteiger partial charge in [-0.2, -0.15) is 0 Å². The third-order valence-electron chi connectivity index (χ3n) is 4.93. The van der Waals surface area contributed by atoms with E-state index in [4.69, 9.17) is 9.47 Å². The van der Waals surface area contributed by atoms with E-state index in [9.17, 15) is 9.59 Å². The highest BCUT2D eigenvalue weighted by Crippen LogP contribution is 2.29. The van der Waals surface area contributed by atoms with E-state index >= 15 is 0 Å². The second-order valence-electron chi connectivity index (χ2n) is 6.75. The van der Waals surface area contributed by atoms with Gasteiger partial charge >= 0.3 is 5.97 Å². The molecule has 5 nitrogen and oxygen atoms in total. The number of hydrogen-bond acceptors (Lipinski definition) is 4. The number of rotatable bonds is 5. The van der Waals surface area contributed by atoms with Crippen molar-refractivity contribution in [2.75, 3.05) is 7.11 Å². The molecular weight excluding hydrogens is 330 g/mol. The summed E-state index contributed by atoms with van der Waals surface area (Å²) in [6.45, 7) is 1.61. The summed E-state index contributed by atoms with van der Waals surface area (Å²) >= 11 is 0. The molecule has 3 rings (SSSR count). The molecule has 0 spiro atoms. The van der Waals surface area contributed by atoms with Gasteiger partial charge in [0.05, 0.1) is 12.7 Å². The van der Waals surface area contributed by atoms with Gasteiger partial charge in [0, 0.05) is 11.4 Å². The zero-order chi connectivity index (χ0) is 18.5. The SMILES string of the molecule is COc1ccc(C(=O)O[C@@H](C)C(=O)NC2CCCCC2)c2ccccc12. The molecule has 1 aliphatic carbocycles. The summed E-state index contributed by atoms with van der Waals surface area (Å²) in [5.41, 5.74) is 0.429. The first kappa shape index (κ1) is 18.2. The van der Waals surface area contributed by atoms with Crippen LogP contribution in [0.3, 0.4) is 0 Å². The van der Waals surface area contributed by atoms with Gasteiger partial charge < -0.3 is 14.8 Å². The summed E-state index contributed by atoms with van der Waals surface area (Å²) in [6, 6.07) is 11.1.